The number of nitrogens with one attached hydrogen (secondary N) is 1. The lowest BCUT2D eigenvalue weighted by Crippen LogP contribution is -2.23. The van der Waals surface area contributed by atoms with Gasteiger partial charge in [-0.05, 0) is 23.8 Å². The highest BCUT2D eigenvalue weighted by Crippen LogP contribution is 2.20. The van der Waals surface area contributed by atoms with Crippen LogP contribution in [-0.2, 0) is 0 Å². The fourth-order valence-electron chi connectivity index (χ4n) is 1.42. The molecule has 0 aliphatic carbocycles. The zero-order chi connectivity index (χ0) is 13.9. The Hall–Kier alpha value is -1.96. The van der Waals surface area contributed by atoms with Crippen LogP contribution in [0, 0.1) is 5.41 Å². The highest BCUT2D eigenvalue weighted by molar-refractivity contribution is 5.98. The van der Waals surface area contributed by atoms with E-state index in [0.29, 0.717) is 0 Å². The number of aliphatic hydroxyl groups is 3. The summed E-state index contributed by atoms with van der Waals surface area (Å²) in [6.45, 7) is -0.673. The van der Waals surface area contributed by atoms with Crippen molar-refractivity contribution in [2.24, 2.45) is 5.73 Å². The minimum Gasteiger partial charge on any atom is -0.478 e. The zero-order valence-electron chi connectivity index (χ0n) is 9.37. The molecule has 7 heteroatoms. The Bertz CT molecular complexity index is 442. The van der Waals surface area contributed by atoms with Crippen LogP contribution in [-0.4, -0.2) is 44.9 Å². The maximum atomic E-state index is 10.9. The maximum Gasteiger partial charge on any atom is 0.335 e. The van der Waals surface area contributed by atoms with Crippen LogP contribution in [0.4, 0.5) is 0 Å². The highest BCUT2D eigenvalue weighted by atomic mass is 16.4. The third-order valence-corrected chi connectivity index (χ3v) is 2.41. The second-order valence-electron chi connectivity index (χ2n) is 3.76. The van der Waals surface area contributed by atoms with Crippen molar-refractivity contribution in [2.75, 3.05) is 6.61 Å². The molecule has 0 aromatic heterocycles. The van der Waals surface area contributed by atoms with Crippen molar-refractivity contribution in [1.29, 1.82) is 5.41 Å². The van der Waals surface area contributed by atoms with Crippen LogP contribution >= 0.6 is 0 Å². The molecule has 0 radical (unpaired) electrons. The number of aliphatic hydroxyl groups excluding tert-OH is 3. The fraction of sp³-hybridized carbons (Fsp3) is 0.273. The zero-order valence-corrected chi connectivity index (χ0v) is 9.37. The summed E-state index contributed by atoms with van der Waals surface area (Å²) < 4.78 is 0. The molecule has 7 nitrogen and oxygen atoms in total. The molecule has 0 bridgehead atoms. The molecule has 2 atom stereocenters. The molecular weight excluding hydrogens is 240 g/mol. The van der Waals surface area contributed by atoms with Gasteiger partial charge in [0.15, 0.2) is 0 Å². The van der Waals surface area contributed by atoms with Crippen LogP contribution in [0.5, 0.6) is 0 Å². The molecule has 98 valence electrons. The van der Waals surface area contributed by atoms with E-state index in [4.69, 9.17) is 21.4 Å². The maximum absolute atomic E-state index is 10.9. The van der Waals surface area contributed by atoms with Gasteiger partial charge in [-0.2, -0.15) is 0 Å². The van der Waals surface area contributed by atoms with E-state index in [9.17, 15) is 15.0 Å². The molecule has 0 saturated heterocycles. The van der Waals surface area contributed by atoms with Gasteiger partial charge in [-0.15, -0.1) is 0 Å². The summed E-state index contributed by atoms with van der Waals surface area (Å²) in [7, 11) is 0. The van der Waals surface area contributed by atoms with Crippen LogP contribution in [0.15, 0.2) is 18.2 Å². The van der Waals surface area contributed by atoms with Gasteiger partial charge in [0.2, 0.25) is 0 Å². The van der Waals surface area contributed by atoms with Crippen LogP contribution in [0.2, 0.25) is 0 Å². The minimum absolute atomic E-state index is 0.0710. The first-order chi connectivity index (χ1) is 8.36. The van der Waals surface area contributed by atoms with Crippen molar-refractivity contribution in [3.8, 4) is 0 Å². The van der Waals surface area contributed by atoms with E-state index >= 15 is 0 Å². The van der Waals surface area contributed by atoms with Gasteiger partial charge < -0.3 is 26.2 Å². The third-order valence-electron chi connectivity index (χ3n) is 2.41. The number of nitrogen functional groups attached to an aromatic ring is 1. The summed E-state index contributed by atoms with van der Waals surface area (Å²) >= 11 is 0. The molecule has 18 heavy (non-hydrogen) atoms. The number of hydrogen-bond donors (Lipinski definition) is 6. The number of aromatic carboxylic acids is 1. The van der Waals surface area contributed by atoms with E-state index in [0.717, 1.165) is 6.07 Å². The Morgan fingerprint density at radius 1 is 1.28 bits per heavy atom. The Morgan fingerprint density at radius 3 is 2.28 bits per heavy atom. The van der Waals surface area contributed by atoms with Gasteiger partial charge in [0.25, 0.3) is 0 Å². The molecule has 1 rings (SSSR count). The van der Waals surface area contributed by atoms with Crippen molar-refractivity contribution < 1.29 is 25.2 Å². The fourth-order valence-corrected chi connectivity index (χ4v) is 1.42. The summed E-state index contributed by atoms with van der Waals surface area (Å²) in [4.78, 5) is 10.9. The van der Waals surface area contributed by atoms with Gasteiger partial charge in [-0.3, -0.25) is 5.41 Å². The molecule has 1 aromatic carbocycles. The third kappa shape index (κ3) is 3.04. The number of carboxylic acids is 1. The van der Waals surface area contributed by atoms with E-state index in [1.165, 1.54) is 12.1 Å². The van der Waals surface area contributed by atoms with Crippen LogP contribution in [0.25, 0.3) is 0 Å². The molecule has 0 amide bonds. The Labute approximate surface area is 103 Å². The monoisotopic (exact) mass is 254 g/mol. The van der Waals surface area contributed by atoms with Crippen molar-refractivity contribution in [1.82, 2.24) is 0 Å². The topological polar surface area (TPSA) is 148 Å². The number of amidine groups is 1. The first kappa shape index (κ1) is 14.1. The molecule has 0 spiro atoms. The van der Waals surface area contributed by atoms with Gasteiger partial charge in [0.05, 0.1) is 12.2 Å². The van der Waals surface area contributed by atoms with Gasteiger partial charge in [-0.1, -0.05) is 0 Å². The molecule has 7 N–H and O–H groups in total. The van der Waals surface area contributed by atoms with Crippen molar-refractivity contribution in [3.05, 3.63) is 34.9 Å². The number of nitrogens with two attached hydrogens (primary N) is 1. The van der Waals surface area contributed by atoms with E-state index in [-0.39, 0.29) is 22.5 Å². The first-order valence-corrected chi connectivity index (χ1v) is 5.06. The lowest BCUT2D eigenvalue weighted by Gasteiger charge is -2.17. The molecule has 0 aliphatic rings. The van der Waals surface area contributed by atoms with Gasteiger partial charge >= 0.3 is 5.97 Å². The summed E-state index contributed by atoms with van der Waals surface area (Å²) in [5.41, 5.74) is 5.28. The summed E-state index contributed by atoms with van der Waals surface area (Å²) in [5, 5.41) is 43.9. The normalized spacial score (nSPS) is 13.9. The largest absolute Gasteiger partial charge is 0.478 e. The number of benzene rings is 1. The van der Waals surface area contributed by atoms with E-state index in [1.807, 2.05) is 0 Å². The van der Waals surface area contributed by atoms with Crippen molar-refractivity contribution in [3.63, 3.8) is 0 Å². The van der Waals surface area contributed by atoms with E-state index in [1.54, 1.807) is 0 Å². The lowest BCUT2D eigenvalue weighted by molar-refractivity contribution is -0.0153. The van der Waals surface area contributed by atoms with E-state index in [2.05, 4.69) is 0 Å². The standard InChI is InChI=1S/C11H14N2O5/c12-10(13)6-1-5(9(16)8(15)4-14)2-7(3-6)11(17)18/h1-3,8-9,14-16H,4H2,(H3,12,13)(H,17,18)/t8-,9+/m1/s1. The summed E-state index contributed by atoms with van der Waals surface area (Å²) in [6, 6.07) is 3.63. The first-order valence-electron chi connectivity index (χ1n) is 5.06. The molecule has 0 aliphatic heterocycles. The molecule has 1 aromatic rings. The second-order valence-corrected chi connectivity index (χ2v) is 3.76. The predicted octanol–water partition coefficient (Wildman–Crippen LogP) is -0.945. The highest BCUT2D eigenvalue weighted by Gasteiger charge is 2.20. The summed E-state index contributed by atoms with van der Waals surface area (Å²) in [5.74, 6) is -1.60. The van der Waals surface area contributed by atoms with E-state index < -0.39 is 24.8 Å². The number of hydrogen-bond acceptors (Lipinski definition) is 5. The molecule has 0 saturated carbocycles. The van der Waals surface area contributed by atoms with Gasteiger partial charge in [0, 0.05) is 5.56 Å². The molecular formula is C11H14N2O5. The molecule has 0 fully saturated rings. The Kier molecular flexibility index (Phi) is 4.38. The predicted molar refractivity (Wildman–Crippen MR) is 62.5 cm³/mol. The van der Waals surface area contributed by atoms with Crippen molar-refractivity contribution in [2.45, 2.75) is 12.2 Å². The number of carboxylic acid groups (broad SMARTS) is 1. The smallest absolute Gasteiger partial charge is 0.335 e. The van der Waals surface area contributed by atoms with Crippen LogP contribution in [0.1, 0.15) is 27.6 Å². The van der Waals surface area contributed by atoms with Gasteiger partial charge in [0.1, 0.15) is 18.0 Å². The Morgan fingerprint density at radius 2 is 1.83 bits per heavy atom. The SMILES string of the molecule is N=C(N)c1cc(C(=O)O)cc([C@H](O)[C@H](O)CO)c1. The summed E-state index contributed by atoms with van der Waals surface area (Å²) in [6.07, 6.45) is -2.89. The number of rotatable bonds is 5. The average Bonchev–Trinajstić information content (AvgIpc) is 2.36. The van der Waals surface area contributed by atoms with Crippen LogP contribution < -0.4 is 5.73 Å². The number of carbonyl (C=O) groups is 1. The average molecular weight is 254 g/mol. The Balaban J connectivity index is 3.26. The van der Waals surface area contributed by atoms with Crippen molar-refractivity contribution >= 4 is 11.8 Å². The quantitative estimate of drug-likeness (QED) is 0.295. The van der Waals surface area contributed by atoms with Crippen LogP contribution in [0.3, 0.4) is 0 Å². The lowest BCUT2D eigenvalue weighted by atomic mass is 9.98. The molecule has 0 unspecified atom stereocenters. The van der Waals surface area contributed by atoms with Gasteiger partial charge in [-0.25, -0.2) is 4.79 Å². The minimum atomic E-state index is -1.45. The molecule has 0 heterocycles. The second kappa shape index (κ2) is 5.58.